The molecule has 0 aromatic rings. The summed E-state index contributed by atoms with van der Waals surface area (Å²) in [7, 11) is -1.75. The van der Waals surface area contributed by atoms with Crippen LogP contribution in [0, 0.1) is 0 Å². The smallest absolute Gasteiger partial charge is 0.282 e. The van der Waals surface area contributed by atoms with Crippen molar-refractivity contribution in [2.75, 3.05) is 32.1 Å². The fourth-order valence-electron chi connectivity index (χ4n) is 1.50. The Morgan fingerprint density at radius 1 is 1.56 bits per heavy atom. The molecule has 0 aromatic carbocycles. The number of hydrogen-bond donors (Lipinski definition) is 0. The van der Waals surface area contributed by atoms with E-state index < -0.39 is 10.2 Å². The number of halogens is 1. The van der Waals surface area contributed by atoms with Crippen LogP contribution in [-0.2, 0) is 14.9 Å². The molecule has 0 N–H and O–H groups in total. The van der Waals surface area contributed by atoms with Crippen molar-refractivity contribution in [2.45, 2.75) is 25.9 Å². The van der Waals surface area contributed by atoms with E-state index in [9.17, 15) is 8.42 Å². The zero-order chi connectivity index (χ0) is 12.3. The summed E-state index contributed by atoms with van der Waals surface area (Å²) in [5.41, 5.74) is 0. The normalized spacial score (nSPS) is 24.2. The van der Waals surface area contributed by atoms with Crippen LogP contribution in [0.2, 0.25) is 0 Å². The third kappa shape index (κ3) is 2.95. The molecule has 1 aliphatic heterocycles. The van der Waals surface area contributed by atoms with Crippen molar-refractivity contribution in [3.05, 3.63) is 0 Å². The lowest BCUT2D eigenvalue weighted by atomic mass is 10.3. The van der Waals surface area contributed by atoms with E-state index in [1.807, 2.05) is 13.8 Å². The molecule has 1 unspecified atom stereocenters. The third-order valence-electron chi connectivity index (χ3n) is 2.74. The zero-order valence-electron chi connectivity index (χ0n) is 9.89. The minimum atomic E-state index is -3.37. The van der Waals surface area contributed by atoms with Gasteiger partial charge in [0.15, 0.2) is 0 Å². The van der Waals surface area contributed by atoms with Crippen molar-refractivity contribution < 1.29 is 13.2 Å². The van der Waals surface area contributed by atoms with E-state index in [1.54, 1.807) is 7.05 Å². The van der Waals surface area contributed by atoms with Crippen molar-refractivity contribution in [3.63, 3.8) is 0 Å². The SMILES string of the molecule is CC(C)N(C)S(=O)(=O)N1CCOCC1CBr. The molecule has 5 nitrogen and oxygen atoms in total. The first-order valence-electron chi connectivity index (χ1n) is 5.29. The van der Waals surface area contributed by atoms with Crippen LogP contribution in [-0.4, -0.2) is 61.2 Å². The second-order valence-electron chi connectivity index (χ2n) is 4.11. The van der Waals surface area contributed by atoms with E-state index in [0.29, 0.717) is 25.1 Å². The highest BCUT2D eigenvalue weighted by Crippen LogP contribution is 2.18. The van der Waals surface area contributed by atoms with Gasteiger partial charge in [0, 0.05) is 25.0 Å². The summed E-state index contributed by atoms with van der Waals surface area (Å²) in [6.07, 6.45) is 0. The van der Waals surface area contributed by atoms with Crippen LogP contribution in [0.4, 0.5) is 0 Å². The Hall–Kier alpha value is 0.310. The molecule has 0 radical (unpaired) electrons. The topological polar surface area (TPSA) is 49.9 Å². The molecule has 0 saturated carbocycles. The lowest BCUT2D eigenvalue weighted by molar-refractivity contribution is 0.0383. The fraction of sp³-hybridized carbons (Fsp3) is 1.00. The van der Waals surface area contributed by atoms with Crippen LogP contribution in [0.5, 0.6) is 0 Å². The molecular formula is C9H19BrN2O3S. The Morgan fingerprint density at radius 3 is 2.69 bits per heavy atom. The minimum Gasteiger partial charge on any atom is -0.378 e. The van der Waals surface area contributed by atoms with Crippen molar-refractivity contribution in [2.24, 2.45) is 0 Å². The van der Waals surface area contributed by atoms with Gasteiger partial charge >= 0.3 is 0 Å². The zero-order valence-corrected chi connectivity index (χ0v) is 12.3. The molecule has 1 aliphatic rings. The van der Waals surface area contributed by atoms with Crippen molar-refractivity contribution in [1.82, 2.24) is 8.61 Å². The summed E-state index contributed by atoms with van der Waals surface area (Å²) < 4.78 is 32.7. The summed E-state index contributed by atoms with van der Waals surface area (Å²) in [5, 5.41) is 0.595. The van der Waals surface area contributed by atoms with Gasteiger partial charge in [-0.3, -0.25) is 0 Å². The molecule has 0 amide bonds. The maximum atomic E-state index is 12.3. The molecule has 0 bridgehead atoms. The van der Waals surface area contributed by atoms with Crippen LogP contribution in [0.15, 0.2) is 0 Å². The highest BCUT2D eigenvalue weighted by atomic mass is 79.9. The van der Waals surface area contributed by atoms with E-state index in [-0.39, 0.29) is 12.1 Å². The van der Waals surface area contributed by atoms with Crippen molar-refractivity contribution in [1.29, 1.82) is 0 Å². The van der Waals surface area contributed by atoms with Crippen LogP contribution >= 0.6 is 15.9 Å². The van der Waals surface area contributed by atoms with Gasteiger partial charge < -0.3 is 4.74 Å². The molecule has 96 valence electrons. The standard InChI is InChI=1S/C9H19BrN2O3S/c1-8(2)11(3)16(13,14)12-4-5-15-7-9(12)6-10/h8-9H,4-7H2,1-3H3. The van der Waals surface area contributed by atoms with Gasteiger partial charge in [0.05, 0.1) is 19.3 Å². The van der Waals surface area contributed by atoms with Crippen LogP contribution in [0.3, 0.4) is 0 Å². The van der Waals surface area contributed by atoms with Gasteiger partial charge in [-0.15, -0.1) is 0 Å². The Morgan fingerprint density at radius 2 is 2.19 bits per heavy atom. The first kappa shape index (κ1) is 14.4. The third-order valence-corrected chi connectivity index (χ3v) is 5.71. The van der Waals surface area contributed by atoms with Gasteiger partial charge in [0.25, 0.3) is 10.2 Å². The van der Waals surface area contributed by atoms with Gasteiger partial charge in [0.1, 0.15) is 0 Å². The quantitative estimate of drug-likeness (QED) is 0.717. The summed E-state index contributed by atoms with van der Waals surface area (Å²) in [5.74, 6) is 0. The summed E-state index contributed by atoms with van der Waals surface area (Å²) in [6.45, 7) is 5.07. The molecule has 1 atom stereocenters. The average molecular weight is 315 g/mol. The van der Waals surface area contributed by atoms with Crippen molar-refractivity contribution >= 4 is 26.1 Å². The first-order valence-corrected chi connectivity index (χ1v) is 7.81. The number of alkyl halides is 1. The molecular weight excluding hydrogens is 296 g/mol. The maximum absolute atomic E-state index is 12.3. The minimum absolute atomic E-state index is 0.0381. The Bertz CT molecular complexity index is 321. The van der Waals surface area contributed by atoms with Gasteiger partial charge in [-0.1, -0.05) is 15.9 Å². The Kier molecular flexibility index (Phi) is 5.18. The fourth-order valence-corrected chi connectivity index (χ4v) is 3.91. The number of rotatable bonds is 4. The lowest BCUT2D eigenvalue weighted by Crippen LogP contribution is -2.54. The maximum Gasteiger partial charge on any atom is 0.282 e. The number of nitrogens with zero attached hydrogens (tertiary/aromatic N) is 2. The molecule has 1 saturated heterocycles. The van der Waals surface area contributed by atoms with E-state index in [1.165, 1.54) is 8.61 Å². The lowest BCUT2D eigenvalue weighted by Gasteiger charge is -2.37. The Labute approximate surface area is 106 Å². The van der Waals surface area contributed by atoms with Gasteiger partial charge in [-0.2, -0.15) is 17.0 Å². The average Bonchev–Trinajstić information content (AvgIpc) is 2.27. The van der Waals surface area contributed by atoms with Crippen LogP contribution < -0.4 is 0 Å². The molecule has 0 spiro atoms. The van der Waals surface area contributed by atoms with Gasteiger partial charge in [-0.25, -0.2) is 0 Å². The van der Waals surface area contributed by atoms with Crippen LogP contribution in [0.1, 0.15) is 13.8 Å². The molecule has 0 aliphatic carbocycles. The number of hydrogen-bond acceptors (Lipinski definition) is 3. The van der Waals surface area contributed by atoms with E-state index >= 15 is 0 Å². The molecule has 7 heteroatoms. The predicted molar refractivity (Wildman–Crippen MR) is 66.9 cm³/mol. The first-order chi connectivity index (χ1) is 7.41. The summed E-state index contributed by atoms with van der Waals surface area (Å²) >= 11 is 3.33. The monoisotopic (exact) mass is 314 g/mol. The largest absolute Gasteiger partial charge is 0.378 e. The van der Waals surface area contributed by atoms with E-state index in [2.05, 4.69) is 15.9 Å². The highest BCUT2D eigenvalue weighted by molar-refractivity contribution is 9.09. The highest BCUT2D eigenvalue weighted by Gasteiger charge is 2.35. The van der Waals surface area contributed by atoms with Gasteiger partial charge in [-0.05, 0) is 13.8 Å². The summed E-state index contributed by atoms with van der Waals surface area (Å²) in [4.78, 5) is 0. The van der Waals surface area contributed by atoms with Gasteiger partial charge in [0.2, 0.25) is 0 Å². The predicted octanol–water partition coefficient (Wildman–Crippen LogP) is 0.667. The van der Waals surface area contributed by atoms with E-state index in [0.717, 1.165) is 0 Å². The second kappa shape index (κ2) is 5.77. The Balaban J connectivity index is 2.88. The molecule has 0 aromatic heterocycles. The molecule has 1 rings (SSSR count). The molecule has 1 heterocycles. The van der Waals surface area contributed by atoms with Crippen molar-refractivity contribution in [3.8, 4) is 0 Å². The number of morpholine rings is 1. The molecule has 16 heavy (non-hydrogen) atoms. The van der Waals surface area contributed by atoms with Crippen LogP contribution in [0.25, 0.3) is 0 Å². The summed E-state index contributed by atoms with van der Waals surface area (Å²) in [6, 6.07) is -0.149. The number of ether oxygens (including phenoxy) is 1. The molecule has 1 fully saturated rings. The second-order valence-corrected chi connectivity index (χ2v) is 6.70. The van der Waals surface area contributed by atoms with E-state index in [4.69, 9.17) is 4.74 Å².